The van der Waals surface area contributed by atoms with Crippen molar-refractivity contribution >= 4 is 54.0 Å². The van der Waals surface area contributed by atoms with E-state index in [-0.39, 0.29) is 17.6 Å². The molecule has 1 aliphatic rings. The van der Waals surface area contributed by atoms with Crippen molar-refractivity contribution in [1.29, 1.82) is 0 Å². The number of nitrogens with zero attached hydrogens (tertiary/aromatic N) is 2. The zero-order chi connectivity index (χ0) is 19.9. The van der Waals surface area contributed by atoms with Gasteiger partial charge in [0.05, 0.1) is 28.1 Å². The van der Waals surface area contributed by atoms with Crippen LogP contribution in [0.15, 0.2) is 42.5 Å². The fraction of sp³-hybridized carbons (Fsp3) is 0.222. The van der Waals surface area contributed by atoms with Gasteiger partial charge in [0.2, 0.25) is 15.9 Å². The molecule has 1 saturated heterocycles. The molecule has 1 fully saturated rings. The number of anilines is 3. The molecule has 146 valence electrons. The first kappa shape index (κ1) is 18.6. The molecule has 2 aromatic carbocycles. The standard InChI is InChI=1S/C18H17FN4O3S2/c1-28(25,26)22-14-4-2-3-13(8-14)20-17(24)11-9-23(10-11)18-21-15-6-5-12(19)7-16(15)27-18/h2-8,11,22H,9-10H2,1H3,(H,20,24). The maximum atomic E-state index is 13.3. The first-order chi connectivity index (χ1) is 13.3. The quantitative estimate of drug-likeness (QED) is 0.662. The van der Waals surface area contributed by atoms with Gasteiger partial charge < -0.3 is 10.2 Å². The number of sulfonamides is 1. The number of hydrogen-bond donors (Lipinski definition) is 2. The Hall–Kier alpha value is -2.72. The number of fused-ring (bicyclic) bond motifs is 1. The van der Waals surface area contributed by atoms with Crippen molar-refractivity contribution in [3.05, 3.63) is 48.3 Å². The number of benzene rings is 2. The molecule has 0 unspecified atom stereocenters. The predicted molar refractivity (Wildman–Crippen MR) is 109 cm³/mol. The summed E-state index contributed by atoms with van der Waals surface area (Å²) in [6.45, 7) is 1.05. The Morgan fingerprint density at radius 3 is 2.71 bits per heavy atom. The van der Waals surface area contributed by atoms with Crippen LogP contribution < -0.4 is 14.9 Å². The lowest BCUT2D eigenvalue weighted by Crippen LogP contribution is -2.52. The molecule has 3 aromatic rings. The van der Waals surface area contributed by atoms with Gasteiger partial charge in [0.15, 0.2) is 5.13 Å². The summed E-state index contributed by atoms with van der Waals surface area (Å²) in [7, 11) is -3.38. The average molecular weight is 420 g/mol. The van der Waals surface area contributed by atoms with Crippen LogP contribution in [0.4, 0.5) is 20.9 Å². The second kappa shape index (κ2) is 7.02. The van der Waals surface area contributed by atoms with E-state index in [0.29, 0.717) is 24.5 Å². The molecule has 0 spiro atoms. The van der Waals surface area contributed by atoms with Gasteiger partial charge in [-0.05, 0) is 36.4 Å². The Morgan fingerprint density at radius 2 is 1.96 bits per heavy atom. The van der Waals surface area contributed by atoms with Gasteiger partial charge in [-0.1, -0.05) is 17.4 Å². The van der Waals surface area contributed by atoms with Crippen LogP contribution in [0, 0.1) is 11.7 Å². The summed E-state index contributed by atoms with van der Waals surface area (Å²) in [5.41, 5.74) is 1.65. The third kappa shape index (κ3) is 4.07. The second-order valence-electron chi connectivity index (χ2n) is 6.65. The normalized spacial score (nSPS) is 14.7. The molecular weight excluding hydrogens is 403 g/mol. The smallest absolute Gasteiger partial charge is 0.231 e. The molecule has 1 amide bonds. The van der Waals surface area contributed by atoms with Crippen LogP contribution in [0.5, 0.6) is 0 Å². The van der Waals surface area contributed by atoms with Crippen molar-refractivity contribution < 1.29 is 17.6 Å². The highest BCUT2D eigenvalue weighted by molar-refractivity contribution is 7.92. The third-order valence-electron chi connectivity index (χ3n) is 4.30. The summed E-state index contributed by atoms with van der Waals surface area (Å²) in [6.07, 6.45) is 1.07. The van der Waals surface area contributed by atoms with Gasteiger partial charge >= 0.3 is 0 Å². The Bertz CT molecular complexity index is 1160. The van der Waals surface area contributed by atoms with Gasteiger partial charge in [-0.25, -0.2) is 17.8 Å². The number of hydrogen-bond acceptors (Lipinski definition) is 6. The topological polar surface area (TPSA) is 91.4 Å². The van der Waals surface area contributed by atoms with Crippen LogP contribution in [-0.4, -0.2) is 38.7 Å². The zero-order valence-electron chi connectivity index (χ0n) is 14.8. The van der Waals surface area contributed by atoms with Crippen molar-refractivity contribution in [2.75, 3.05) is 34.3 Å². The van der Waals surface area contributed by atoms with Gasteiger partial charge in [-0.15, -0.1) is 0 Å². The molecule has 0 atom stereocenters. The molecule has 1 aromatic heterocycles. The van der Waals surface area contributed by atoms with Crippen molar-refractivity contribution in [1.82, 2.24) is 4.98 Å². The molecule has 10 heteroatoms. The van der Waals surface area contributed by atoms with Crippen molar-refractivity contribution in [2.24, 2.45) is 5.92 Å². The number of carbonyl (C=O) groups is 1. The van der Waals surface area contributed by atoms with Crippen LogP contribution in [0.3, 0.4) is 0 Å². The first-order valence-corrected chi connectivity index (χ1v) is 11.2. The summed E-state index contributed by atoms with van der Waals surface area (Å²) in [4.78, 5) is 18.9. The third-order valence-corrected chi connectivity index (χ3v) is 5.98. The van der Waals surface area contributed by atoms with E-state index in [1.165, 1.54) is 23.5 Å². The molecule has 2 N–H and O–H groups in total. The molecule has 28 heavy (non-hydrogen) atoms. The highest BCUT2D eigenvalue weighted by atomic mass is 32.2. The van der Waals surface area contributed by atoms with Gasteiger partial charge in [0.1, 0.15) is 5.82 Å². The van der Waals surface area contributed by atoms with Crippen molar-refractivity contribution in [2.45, 2.75) is 0 Å². The maximum Gasteiger partial charge on any atom is 0.231 e. The van der Waals surface area contributed by atoms with E-state index in [1.54, 1.807) is 30.3 Å². The van der Waals surface area contributed by atoms with Gasteiger partial charge in [0, 0.05) is 18.8 Å². The van der Waals surface area contributed by atoms with Crippen LogP contribution in [0.25, 0.3) is 10.2 Å². The Kier molecular flexibility index (Phi) is 4.68. The van der Waals surface area contributed by atoms with Gasteiger partial charge in [0.25, 0.3) is 0 Å². The van der Waals surface area contributed by atoms with Crippen LogP contribution >= 0.6 is 11.3 Å². The van der Waals surface area contributed by atoms with E-state index >= 15 is 0 Å². The Labute approximate surface area is 165 Å². The number of thiazole rings is 1. The Morgan fingerprint density at radius 1 is 1.21 bits per heavy atom. The first-order valence-electron chi connectivity index (χ1n) is 8.46. The molecule has 7 nitrogen and oxygen atoms in total. The average Bonchev–Trinajstić information content (AvgIpc) is 2.94. The van der Waals surface area contributed by atoms with Gasteiger partial charge in [-0.2, -0.15) is 0 Å². The Balaban J connectivity index is 1.38. The number of aromatic nitrogens is 1. The molecule has 0 aliphatic carbocycles. The minimum Gasteiger partial charge on any atom is -0.346 e. The van der Waals surface area contributed by atoms with E-state index in [4.69, 9.17) is 0 Å². The molecule has 0 radical (unpaired) electrons. The lowest BCUT2D eigenvalue weighted by Gasteiger charge is -2.37. The molecule has 2 heterocycles. The summed E-state index contributed by atoms with van der Waals surface area (Å²) in [5.74, 6) is -0.633. The summed E-state index contributed by atoms with van der Waals surface area (Å²) in [5, 5.41) is 3.58. The summed E-state index contributed by atoms with van der Waals surface area (Å²) >= 11 is 1.40. The largest absolute Gasteiger partial charge is 0.346 e. The molecular formula is C18H17FN4O3S2. The number of carbonyl (C=O) groups excluding carboxylic acids is 1. The predicted octanol–water partition coefficient (Wildman–Crippen LogP) is 2.88. The zero-order valence-corrected chi connectivity index (χ0v) is 16.5. The second-order valence-corrected chi connectivity index (χ2v) is 9.41. The highest BCUT2D eigenvalue weighted by Crippen LogP contribution is 2.33. The number of amides is 1. The van der Waals surface area contributed by atoms with Crippen LogP contribution in [0.1, 0.15) is 0 Å². The fourth-order valence-corrected chi connectivity index (χ4v) is 4.50. The number of rotatable bonds is 5. The lowest BCUT2D eigenvalue weighted by molar-refractivity contribution is -0.120. The minimum absolute atomic E-state index is 0.139. The number of halogens is 1. The van der Waals surface area contributed by atoms with Crippen LogP contribution in [0.2, 0.25) is 0 Å². The maximum absolute atomic E-state index is 13.3. The van der Waals surface area contributed by atoms with E-state index in [0.717, 1.165) is 21.6 Å². The molecule has 4 rings (SSSR count). The molecule has 1 aliphatic heterocycles. The van der Waals surface area contributed by atoms with Crippen molar-refractivity contribution in [3.8, 4) is 0 Å². The molecule has 0 bridgehead atoms. The van der Waals surface area contributed by atoms with Crippen molar-refractivity contribution in [3.63, 3.8) is 0 Å². The van der Waals surface area contributed by atoms with Crippen LogP contribution in [-0.2, 0) is 14.8 Å². The van der Waals surface area contributed by atoms with Gasteiger partial charge in [-0.3, -0.25) is 9.52 Å². The summed E-state index contributed by atoms with van der Waals surface area (Å²) in [6, 6.07) is 11.0. The number of nitrogens with one attached hydrogen (secondary N) is 2. The summed E-state index contributed by atoms with van der Waals surface area (Å²) < 4.78 is 39.1. The SMILES string of the molecule is CS(=O)(=O)Nc1cccc(NC(=O)C2CN(c3nc4ccc(F)cc4s3)C2)c1. The minimum atomic E-state index is -3.38. The van der Waals surface area contributed by atoms with E-state index < -0.39 is 10.0 Å². The van der Waals surface area contributed by atoms with E-state index in [1.807, 2.05) is 4.90 Å². The fourth-order valence-electron chi connectivity index (χ4n) is 2.94. The highest BCUT2D eigenvalue weighted by Gasteiger charge is 2.34. The lowest BCUT2D eigenvalue weighted by atomic mass is 10.00. The van der Waals surface area contributed by atoms with E-state index in [2.05, 4.69) is 15.0 Å². The molecule has 0 saturated carbocycles. The van der Waals surface area contributed by atoms with E-state index in [9.17, 15) is 17.6 Å². The monoisotopic (exact) mass is 420 g/mol.